The third-order valence-corrected chi connectivity index (χ3v) is 13.6. The van der Waals surface area contributed by atoms with Gasteiger partial charge in [-0.15, -0.1) is 0 Å². The van der Waals surface area contributed by atoms with Crippen LogP contribution >= 0.6 is 0 Å². The summed E-state index contributed by atoms with van der Waals surface area (Å²) in [5.41, 5.74) is 0. The van der Waals surface area contributed by atoms with Gasteiger partial charge in [0.05, 0.1) is 10.1 Å². The highest BCUT2D eigenvalue weighted by Gasteiger charge is 2.83. The Morgan fingerprint density at radius 2 is 1.31 bits per heavy atom. The normalized spacial score (nSPS) is 24.2. The third kappa shape index (κ3) is 5.74. The molecule has 0 aromatic heterocycles. The van der Waals surface area contributed by atoms with E-state index in [0.29, 0.717) is 27.6 Å². The Bertz CT molecular complexity index is 1540. The number of halogens is 9. The largest absolute Gasteiger partial charge is 0.743 e. The Labute approximate surface area is 238 Å². The van der Waals surface area contributed by atoms with E-state index < -0.39 is 43.2 Å². The first-order chi connectivity index (χ1) is 19.1. The van der Waals surface area contributed by atoms with Crippen LogP contribution in [0.2, 0.25) is 0 Å². The third-order valence-electron chi connectivity index (χ3n) is 7.98. The second-order valence-electron chi connectivity index (χ2n) is 10.7. The Morgan fingerprint density at radius 1 is 0.738 bits per heavy atom. The highest BCUT2D eigenvalue weighted by molar-refractivity contribution is 7.97. The van der Waals surface area contributed by atoms with Crippen LogP contribution in [0.25, 0.3) is 10.8 Å². The minimum Gasteiger partial charge on any atom is -0.743 e. The predicted molar refractivity (Wildman–Crippen MR) is 136 cm³/mol. The van der Waals surface area contributed by atoms with Crippen molar-refractivity contribution in [1.29, 1.82) is 0 Å². The Hall–Kier alpha value is -1.72. The molecule has 2 saturated carbocycles. The van der Waals surface area contributed by atoms with Gasteiger partial charge in [0.15, 0.2) is 24.9 Å². The van der Waals surface area contributed by atoms with Gasteiger partial charge in [0.1, 0.15) is 11.5 Å². The molecule has 3 atom stereocenters. The fraction of sp³-hybridized carbons (Fsp3) is 0.600. The summed E-state index contributed by atoms with van der Waals surface area (Å²) in [5.74, 6) is -11.1. The number of sulfone groups is 1. The van der Waals surface area contributed by atoms with Gasteiger partial charge >= 0.3 is 23.3 Å². The smallest absolute Gasteiger partial charge is 0.460 e. The van der Waals surface area contributed by atoms with Gasteiger partial charge in [0, 0.05) is 17.0 Å². The molecule has 1 saturated heterocycles. The molecule has 3 fully saturated rings. The summed E-state index contributed by atoms with van der Waals surface area (Å²) >= 11 is 0. The van der Waals surface area contributed by atoms with Crippen molar-refractivity contribution in [3.05, 3.63) is 36.4 Å². The molecule has 5 nitrogen and oxygen atoms in total. The lowest BCUT2D eigenvalue weighted by atomic mass is 10.0. The van der Waals surface area contributed by atoms with Crippen LogP contribution < -0.4 is 0 Å². The Balaban J connectivity index is 0.000000211. The monoisotopic (exact) mass is 672 g/mol. The second-order valence-corrected chi connectivity index (χ2v) is 16.5. The van der Waals surface area contributed by atoms with Crippen LogP contribution in [-0.4, -0.2) is 61.4 Å². The molecular weight excluding hydrogens is 647 g/mol. The number of benzene rings is 2. The lowest BCUT2D eigenvalue weighted by Gasteiger charge is -2.34. The van der Waals surface area contributed by atoms with E-state index in [4.69, 9.17) is 0 Å². The molecule has 5 rings (SSSR count). The maximum atomic E-state index is 13.1. The standard InChI is InChI=1S/C21H25O2S2.C4HF9O3S/c22-25(23,21-12-15-3-4-18(21)11-15)20-8-6-16-13-19(7-5-17(16)14-20)24-9-1-2-10-24;5-1(6,3(9,10)11)2(7,8)4(12,13)17(14,15)16/h5-8,13-15,18,21H,1-4,9-12H2;(H,14,15,16)/q+1;/p-1. The van der Waals surface area contributed by atoms with Crippen LogP contribution in [0.1, 0.15) is 38.5 Å². The van der Waals surface area contributed by atoms with E-state index in [9.17, 15) is 60.9 Å². The molecule has 1 heterocycles. The zero-order valence-corrected chi connectivity index (χ0v) is 24.0. The molecular formula is C25H25F9O5S3. The van der Waals surface area contributed by atoms with Crippen LogP contribution in [-0.2, 0) is 30.9 Å². The summed E-state index contributed by atoms with van der Waals surface area (Å²) in [4.78, 5) is 1.99. The molecule has 3 unspecified atom stereocenters. The van der Waals surface area contributed by atoms with Crippen LogP contribution in [0.3, 0.4) is 0 Å². The summed E-state index contributed by atoms with van der Waals surface area (Å²) in [6, 6.07) is 12.4. The summed E-state index contributed by atoms with van der Waals surface area (Å²) in [5, 5.41) is -5.00. The quantitative estimate of drug-likeness (QED) is 0.198. The summed E-state index contributed by atoms with van der Waals surface area (Å²) in [7, 11) is -10.2. The maximum absolute atomic E-state index is 13.1. The molecule has 2 bridgehead atoms. The molecule has 42 heavy (non-hydrogen) atoms. The van der Waals surface area contributed by atoms with Gasteiger partial charge in [-0.3, -0.25) is 0 Å². The SMILES string of the molecule is O=S(=O)([O-])C(F)(F)C(F)(F)C(F)(F)C(F)(F)F.O=S(=O)(c1ccc2cc([S+]3CCCC3)ccc2c1)C1CC2CCC1C2. The van der Waals surface area contributed by atoms with E-state index in [1.54, 1.807) is 0 Å². The first-order valence-electron chi connectivity index (χ1n) is 12.7. The number of alkyl halides is 9. The molecule has 2 aromatic rings. The first-order valence-corrected chi connectivity index (χ1v) is 17.2. The Morgan fingerprint density at radius 3 is 1.81 bits per heavy atom. The highest BCUT2D eigenvalue weighted by atomic mass is 32.2. The van der Waals surface area contributed by atoms with Crippen LogP contribution in [0.4, 0.5) is 39.5 Å². The van der Waals surface area contributed by atoms with Gasteiger partial charge in [-0.2, -0.15) is 39.5 Å². The minimum atomic E-state index is -7.43. The van der Waals surface area contributed by atoms with E-state index in [2.05, 4.69) is 18.2 Å². The van der Waals surface area contributed by atoms with Crippen molar-refractivity contribution in [2.45, 2.75) is 76.8 Å². The van der Waals surface area contributed by atoms with E-state index in [-0.39, 0.29) is 5.25 Å². The number of hydrogen-bond acceptors (Lipinski definition) is 5. The molecule has 0 N–H and O–H groups in total. The second kappa shape index (κ2) is 11.0. The van der Waals surface area contributed by atoms with Crippen molar-refractivity contribution in [1.82, 2.24) is 0 Å². The molecule has 0 spiro atoms. The zero-order chi connectivity index (χ0) is 31.5. The number of hydrogen-bond donors (Lipinski definition) is 0. The molecule has 1 aliphatic heterocycles. The number of fused-ring (bicyclic) bond motifs is 3. The fourth-order valence-electron chi connectivity index (χ4n) is 5.71. The first kappa shape index (κ1) is 33.2. The molecule has 3 aliphatic rings. The summed E-state index contributed by atoms with van der Waals surface area (Å²) in [6.07, 6.45) is -0.114. The molecule has 236 valence electrons. The molecule has 0 amide bonds. The zero-order valence-electron chi connectivity index (χ0n) is 21.5. The summed E-state index contributed by atoms with van der Waals surface area (Å²) < 4.78 is 162. The van der Waals surface area contributed by atoms with E-state index >= 15 is 0 Å². The van der Waals surface area contributed by atoms with Gasteiger partial charge in [0.2, 0.25) is 0 Å². The van der Waals surface area contributed by atoms with Crippen molar-refractivity contribution in [3.63, 3.8) is 0 Å². The van der Waals surface area contributed by atoms with Crippen molar-refractivity contribution in [3.8, 4) is 0 Å². The van der Waals surface area contributed by atoms with Crippen molar-refractivity contribution in [2.24, 2.45) is 11.8 Å². The fourth-order valence-corrected chi connectivity index (χ4v) is 10.7. The average molecular weight is 673 g/mol. The lowest BCUT2D eigenvalue weighted by Crippen LogP contribution is -2.63. The predicted octanol–water partition coefficient (Wildman–Crippen LogP) is 6.53. The van der Waals surface area contributed by atoms with Crippen LogP contribution in [0.15, 0.2) is 46.2 Å². The average Bonchev–Trinajstić information content (AvgIpc) is 3.66. The topological polar surface area (TPSA) is 91.3 Å². The van der Waals surface area contributed by atoms with E-state index in [1.807, 2.05) is 18.2 Å². The van der Waals surface area contributed by atoms with Crippen LogP contribution in [0, 0.1) is 11.8 Å². The van der Waals surface area contributed by atoms with Gasteiger partial charge < -0.3 is 4.55 Å². The minimum absolute atomic E-state index is 0.136. The van der Waals surface area contributed by atoms with Crippen molar-refractivity contribution in [2.75, 3.05) is 11.5 Å². The molecule has 2 aliphatic carbocycles. The van der Waals surface area contributed by atoms with E-state index in [0.717, 1.165) is 24.6 Å². The van der Waals surface area contributed by atoms with Gasteiger partial charge in [0.25, 0.3) is 0 Å². The maximum Gasteiger partial charge on any atom is 0.460 e. The van der Waals surface area contributed by atoms with Crippen molar-refractivity contribution >= 4 is 41.6 Å². The number of rotatable bonds is 6. The van der Waals surface area contributed by atoms with Gasteiger partial charge in [-0.1, -0.05) is 12.5 Å². The highest BCUT2D eigenvalue weighted by Crippen LogP contribution is 2.54. The van der Waals surface area contributed by atoms with Gasteiger partial charge in [-0.25, -0.2) is 16.8 Å². The lowest BCUT2D eigenvalue weighted by molar-refractivity contribution is -0.382. The molecule has 2 aromatic carbocycles. The van der Waals surface area contributed by atoms with Crippen LogP contribution in [0.5, 0.6) is 0 Å². The molecule has 0 radical (unpaired) electrons. The van der Waals surface area contributed by atoms with E-state index in [1.165, 1.54) is 41.0 Å². The summed E-state index contributed by atoms with van der Waals surface area (Å²) in [6.45, 7) is 0. The van der Waals surface area contributed by atoms with Crippen molar-refractivity contribution < 1.29 is 60.9 Å². The van der Waals surface area contributed by atoms with Gasteiger partial charge in [-0.05, 0) is 79.0 Å². The Kier molecular flexibility index (Phi) is 8.70. The molecule has 17 heteroatoms.